The van der Waals surface area contributed by atoms with Gasteiger partial charge in [-0.05, 0) is 74.7 Å². The molecular formula is C22H31ClN4O. The second-order valence-electron chi connectivity index (χ2n) is 8.30. The van der Waals surface area contributed by atoms with Gasteiger partial charge in [0, 0.05) is 17.8 Å². The molecule has 152 valence electrons. The topological polar surface area (TPSA) is 59.0 Å². The van der Waals surface area contributed by atoms with Gasteiger partial charge in [0.05, 0.1) is 5.69 Å². The molecule has 2 heterocycles. The van der Waals surface area contributed by atoms with Crippen LogP contribution in [0.1, 0.15) is 60.4 Å². The van der Waals surface area contributed by atoms with Gasteiger partial charge in [-0.3, -0.25) is 4.79 Å². The lowest BCUT2D eigenvalue weighted by Gasteiger charge is -2.34. The lowest BCUT2D eigenvalue weighted by molar-refractivity contribution is 0.0916. The van der Waals surface area contributed by atoms with Crippen molar-refractivity contribution in [1.82, 2.24) is 20.4 Å². The minimum atomic E-state index is -0.0168. The van der Waals surface area contributed by atoms with Crippen molar-refractivity contribution in [1.29, 1.82) is 0 Å². The first kappa shape index (κ1) is 20.9. The van der Waals surface area contributed by atoms with Crippen molar-refractivity contribution in [3.63, 3.8) is 0 Å². The Balaban J connectivity index is 0.00000225. The van der Waals surface area contributed by atoms with E-state index in [1.54, 1.807) is 0 Å². The highest BCUT2D eigenvalue weighted by molar-refractivity contribution is 5.94. The molecule has 0 radical (unpaired) electrons. The van der Waals surface area contributed by atoms with E-state index < -0.39 is 0 Å². The number of aryl methyl sites for hydroxylation is 1. The molecule has 2 aliphatic rings. The molecule has 1 aromatic carbocycles. The van der Waals surface area contributed by atoms with Crippen molar-refractivity contribution in [3.8, 4) is 5.69 Å². The number of halogens is 1. The van der Waals surface area contributed by atoms with Crippen molar-refractivity contribution in [2.45, 2.75) is 52.4 Å². The van der Waals surface area contributed by atoms with Gasteiger partial charge < -0.3 is 10.6 Å². The van der Waals surface area contributed by atoms with Crippen LogP contribution in [0.2, 0.25) is 0 Å². The normalized spacial score (nSPS) is 17.6. The summed E-state index contributed by atoms with van der Waals surface area (Å²) in [5.74, 6) is -0.0168. The van der Waals surface area contributed by atoms with Crippen molar-refractivity contribution in [3.05, 3.63) is 46.8 Å². The van der Waals surface area contributed by atoms with Crippen LogP contribution < -0.4 is 10.6 Å². The van der Waals surface area contributed by atoms with Gasteiger partial charge in [0.2, 0.25) is 0 Å². The Bertz CT molecular complexity index is 822. The maximum atomic E-state index is 12.9. The van der Waals surface area contributed by atoms with Gasteiger partial charge in [0.1, 0.15) is 0 Å². The number of piperidine rings is 1. The van der Waals surface area contributed by atoms with Gasteiger partial charge in [0.15, 0.2) is 5.69 Å². The number of carbonyl (C=O) groups is 1. The van der Waals surface area contributed by atoms with Gasteiger partial charge in [0.25, 0.3) is 5.91 Å². The summed E-state index contributed by atoms with van der Waals surface area (Å²) in [4.78, 5) is 12.9. The highest BCUT2D eigenvalue weighted by atomic mass is 35.5. The number of hydrogen-bond acceptors (Lipinski definition) is 3. The predicted octanol–water partition coefficient (Wildman–Crippen LogP) is 3.46. The van der Waals surface area contributed by atoms with E-state index in [1.807, 2.05) is 4.68 Å². The van der Waals surface area contributed by atoms with Crippen LogP contribution in [0.3, 0.4) is 0 Å². The molecule has 1 saturated heterocycles. The molecule has 1 aliphatic heterocycles. The van der Waals surface area contributed by atoms with E-state index in [-0.39, 0.29) is 23.7 Å². The third-order valence-electron chi connectivity index (χ3n) is 6.22. The van der Waals surface area contributed by atoms with E-state index in [0.717, 1.165) is 69.4 Å². The lowest BCUT2D eigenvalue weighted by Crippen LogP contribution is -2.43. The molecule has 0 bridgehead atoms. The van der Waals surface area contributed by atoms with Crippen LogP contribution in [-0.4, -0.2) is 35.3 Å². The number of hydrogen-bond donors (Lipinski definition) is 2. The Labute approximate surface area is 173 Å². The smallest absolute Gasteiger partial charge is 0.272 e. The molecule has 2 aromatic rings. The number of amides is 1. The lowest BCUT2D eigenvalue weighted by atomic mass is 9.81. The van der Waals surface area contributed by atoms with Gasteiger partial charge >= 0.3 is 0 Å². The molecule has 1 aromatic heterocycles. The average molecular weight is 403 g/mol. The molecule has 4 rings (SSSR count). The Morgan fingerprint density at radius 3 is 2.61 bits per heavy atom. The number of carbonyl (C=O) groups excluding carboxylic acids is 1. The zero-order valence-corrected chi connectivity index (χ0v) is 17.7. The zero-order valence-electron chi connectivity index (χ0n) is 16.9. The monoisotopic (exact) mass is 402 g/mol. The fourth-order valence-corrected chi connectivity index (χ4v) is 4.29. The van der Waals surface area contributed by atoms with Crippen LogP contribution in [0, 0.1) is 5.41 Å². The molecule has 6 heteroatoms. The summed E-state index contributed by atoms with van der Waals surface area (Å²) >= 11 is 0. The average Bonchev–Trinajstić information content (AvgIpc) is 3.30. The Hall–Kier alpha value is -1.85. The van der Waals surface area contributed by atoms with Crippen molar-refractivity contribution in [2.24, 2.45) is 5.41 Å². The van der Waals surface area contributed by atoms with Gasteiger partial charge in [-0.2, -0.15) is 5.10 Å². The van der Waals surface area contributed by atoms with E-state index in [9.17, 15) is 4.79 Å². The van der Waals surface area contributed by atoms with Crippen LogP contribution in [0.5, 0.6) is 0 Å². The third-order valence-corrected chi connectivity index (χ3v) is 6.22. The van der Waals surface area contributed by atoms with Gasteiger partial charge in [-0.25, -0.2) is 4.68 Å². The van der Waals surface area contributed by atoms with Gasteiger partial charge in [-0.1, -0.05) is 26.0 Å². The zero-order chi connectivity index (χ0) is 18.9. The maximum absolute atomic E-state index is 12.9. The number of benzene rings is 1. The first-order chi connectivity index (χ1) is 13.1. The number of rotatable bonds is 5. The van der Waals surface area contributed by atoms with Crippen LogP contribution in [0.25, 0.3) is 5.69 Å². The summed E-state index contributed by atoms with van der Waals surface area (Å²) in [6, 6.07) is 8.52. The summed E-state index contributed by atoms with van der Waals surface area (Å²) < 4.78 is 1.99. The summed E-state index contributed by atoms with van der Waals surface area (Å²) in [6.45, 7) is 7.22. The second kappa shape index (κ2) is 8.66. The van der Waals surface area contributed by atoms with Crippen molar-refractivity contribution >= 4 is 18.3 Å². The summed E-state index contributed by atoms with van der Waals surface area (Å²) in [7, 11) is 0. The van der Waals surface area contributed by atoms with E-state index >= 15 is 0 Å². The van der Waals surface area contributed by atoms with Crippen molar-refractivity contribution in [2.75, 3.05) is 19.6 Å². The first-order valence-electron chi connectivity index (χ1n) is 10.3. The van der Waals surface area contributed by atoms with Crippen LogP contribution in [0.15, 0.2) is 24.3 Å². The Morgan fingerprint density at radius 1 is 1.21 bits per heavy atom. The quantitative estimate of drug-likeness (QED) is 0.805. The summed E-state index contributed by atoms with van der Waals surface area (Å²) in [5.41, 5.74) is 5.52. The molecule has 0 unspecified atom stereocenters. The standard InChI is InChI=1S/C22H30N4O.ClH/c1-3-16-7-9-17(10-8-16)26-19-6-4-5-18(19)20(25-26)21(27)24-15-22(2)11-13-23-14-12-22;/h7-10,23H,3-6,11-15H2,1-2H3,(H,24,27);1H. The van der Waals surface area contributed by atoms with Crippen LogP contribution >= 0.6 is 12.4 Å². The molecule has 28 heavy (non-hydrogen) atoms. The van der Waals surface area contributed by atoms with E-state index in [2.05, 4.69) is 48.7 Å². The maximum Gasteiger partial charge on any atom is 0.272 e. The Kier molecular flexibility index (Phi) is 6.46. The van der Waals surface area contributed by atoms with E-state index in [0.29, 0.717) is 5.69 Å². The second-order valence-corrected chi connectivity index (χ2v) is 8.30. The minimum absolute atomic E-state index is 0. The molecule has 0 saturated carbocycles. The summed E-state index contributed by atoms with van der Waals surface area (Å²) in [5, 5.41) is 11.3. The first-order valence-corrected chi connectivity index (χ1v) is 10.3. The van der Waals surface area contributed by atoms with Crippen molar-refractivity contribution < 1.29 is 4.79 Å². The molecule has 1 amide bonds. The molecule has 5 nitrogen and oxygen atoms in total. The molecule has 0 spiro atoms. The molecule has 0 atom stereocenters. The number of fused-ring (bicyclic) bond motifs is 1. The predicted molar refractivity (Wildman–Crippen MR) is 115 cm³/mol. The number of aromatic nitrogens is 2. The van der Waals surface area contributed by atoms with Gasteiger partial charge in [-0.15, -0.1) is 12.4 Å². The highest BCUT2D eigenvalue weighted by Crippen LogP contribution is 2.29. The highest BCUT2D eigenvalue weighted by Gasteiger charge is 2.30. The third kappa shape index (κ3) is 4.11. The largest absolute Gasteiger partial charge is 0.350 e. The van der Waals surface area contributed by atoms with E-state index in [4.69, 9.17) is 5.10 Å². The van der Waals surface area contributed by atoms with E-state index in [1.165, 1.54) is 11.3 Å². The molecule has 1 aliphatic carbocycles. The fraction of sp³-hybridized carbons (Fsp3) is 0.545. The Morgan fingerprint density at radius 2 is 1.93 bits per heavy atom. The number of nitrogens with one attached hydrogen (secondary N) is 2. The molecular weight excluding hydrogens is 372 g/mol. The minimum Gasteiger partial charge on any atom is -0.350 e. The SMILES string of the molecule is CCc1ccc(-n2nc(C(=O)NCC3(C)CCNCC3)c3c2CCC3)cc1.Cl. The molecule has 2 N–H and O–H groups in total. The number of nitrogens with zero attached hydrogens (tertiary/aromatic N) is 2. The van der Waals surface area contributed by atoms with Crippen LogP contribution in [-0.2, 0) is 19.3 Å². The fourth-order valence-electron chi connectivity index (χ4n) is 4.29. The summed E-state index contributed by atoms with van der Waals surface area (Å²) in [6.07, 6.45) is 6.28. The molecule has 1 fully saturated rings. The van der Waals surface area contributed by atoms with Crippen LogP contribution in [0.4, 0.5) is 0 Å².